The first-order valence-corrected chi connectivity index (χ1v) is 6.80. The molecule has 0 saturated heterocycles. The van der Waals surface area contributed by atoms with Gasteiger partial charge in [0, 0.05) is 11.9 Å². The maximum atomic E-state index is 4.61. The van der Waals surface area contributed by atoms with E-state index < -0.39 is 0 Å². The Labute approximate surface area is 117 Å². The van der Waals surface area contributed by atoms with Crippen molar-refractivity contribution in [2.45, 2.75) is 13.3 Å². The van der Waals surface area contributed by atoms with E-state index in [4.69, 9.17) is 0 Å². The number of aromatic nitrogens is 3. The quantitative estimate of drug-likeness (QED) is 0.783. The van der Waals surface area contributed by atoms with Gasteiger partial charge in [0.2, 0.25) is 0 Å². The molecule has 0 aliphatic carbocycles. The molecule has 2 heterocycles. The summed E-state index contributed by atoms with van der Waals surface area (Å²) in [5, 5.41) is 12.7. The van der Waals surface area contributed by atoms with Crippen molar-refractivity contribution in [2.75, 3.05) is 11.9 Å². The lowest BCUT2D eigenvalue weighted by atomic mass is 10.2. The van der Waals surface area contributed by atoms with E-state index in [1.807, 2.05) is 36.4 Å². The van der Waals surface area contributed by atoms with Crippen LogP contribution in [-0.4, -0.2) is 21.7 Å². The molecule has 0 saturated carbocycles. The third-order valence-corrected chi connectivity index (χ3v) is 3.08. The van der Waals surface area contributed by atoms with Crippen LogP contribution in [0, 0.1) is 0 Å². The standard InChI is InChI=1S/C16H16N4/c1-2-11-17-16-10-9-15(19-20-16)14-8-7-12-5-3-4-6-13(12)18-14/h3-10H,2,11H2,1H3,(H,17,20). The van der Waals surface area contributed by atoms with Gasteiger partial charge in [0.05, 0.1) is 11.2 Å². The van der Waals surface area contributed by atoms with E-state index in [2.05, 4.69) is 39.6 Å². The van der Waals surface area contributed by atoms with Gasteiger partial charge in [0.15, 0.2) is 0 Å². The van der Waals surface area contributed by atoms with Gasteiger partial charge in [-0.25, -0.2) is 4.98 Å². The molecule has 0 amide bonds. The fraction of sp³-hybridized carbons (Fsp3) is 0.188. The molecule has 0 unspecified atom stereocenters. The number of benzene rings is 1. The Morgan fingerprint density at radius 1 is 0.900 bits per heavy atom. The predicted molar refractivity (Wildman–Crippen MR) is 81.5 cm³/mol. The van der Waals surface area contributed by atoms with Gasteiger partial charge >= 0.3 is 0 Å². The van der Waals surface area contributed by atoms with Crippen LogP contribution in [0.4, 0.5) is 5.82 Å². The molecule has 0 atom stereocenters. The van der Waals surface area contributed by atoms with Gasteiger partial charge in [-0.15, -0.1) is 10.2 Å². The topological polar surface area (TPSA) is 50.7 Å². The average Bonchev–Trinajstić information content (AvgIpc) is 2.53. The summed E-state index contributed by atoms with van der Waals surface area (Å²) in [4.78, 5) is 4.61. The summed E-state index contributed by atoms with van der Waals surface area (Å²) in [6, 6.07) is 16.0. The highest BCUT2D eigenvalue weighted by molar-refractivity contribution is 5.80. The second-order valence-corrected chi connectivity index (χ2v) is 4.62. The van der Waals surface area contributed by atoms with Crippen LogP contribution in [0.5, 0.6) is 0 Å². The summed E-state index contributed by atoms with van der Waals surface area (Å²) in [5.41, 5.74) is 2.61. The molecule has 0 radical (unpaired) electrons. The number of hydrogen-bond donors (Lipinski definition) is 1. The summed E-state index contributed by atoms with van der Waals surface area (Å²) >= 11 is 0. The molecule has 3 aromatic rings. The minimum Gasteiger partial charge on any atom is -0.369 e. The molecule has 0 fully saturated rings. The zero-order chi connectivity index (χ0) is 13.8. The van der Waals surface area contributed by atoms with Crippen molar-refractivity contribution in [1.29, 1.82) is 0 Å². The zero-order valence-electron chi connectivity index (χ0n) is 11.4. The number of rotatable bonds is 4. The number of fused-ring (bicyclic) bond motifs is 1. The molecule has 20 heavy (non-hydrogen) atoms. The van der Waals surface area contributed by atoms with E-state index >= 15 is 0 Å². The van der Waals surface area contributed by atoms with Crippen molar-refractivity contribution < 1.29 is 0 Å². The largest absolute Gasteiger partial charge is 0.369 e. The van der Waals surface area contributed by atoms with Crippen LogP contribution >= 0.6 is 0 Å². The molecule has 2 aromatic heterocycles. The number of anilines is 1. The first kappa shape index (κ1) is 12.5. The molecule has 1 N–H and O–H groups in total. The van der Waals surface area contributed by atoms with E-state index in [1.54, 1.807) is 0 Å². The van der Waals surface area contributed by atoms with Crippen LogP contribution in [0.3, 0.4) is 0 Å². The fourth-order valence-electron chi connectivity index (χ4n) is 2.02. The molecule has 3 rings (SSSR count). The van der Waals surface area contributed by atoms with Gasteiger partial charge in [-0.1, -0.05) is 31.2 Å². The van der Waals surface area contributed by atoms with Crippen LogP contribution in [0.1, 0.15) is 13.3 Å². The normalized spacial score (nSPS) is 10.7. The maximum absolute atomic E-state index is 4.61. The van der Waals surface area contributed by atoms with Crippen molar-refractivity contribution in [3.63, 3.8) is 0 Å². The molecular formula is C16H16N4. The van der Waals surface area contributed by atoms with E-state index in [1.165, 1.54) is 0 Å². The zero-order valence-corrected chi connectivity index (χ0v) is 11.4. The Kier molecular flexibility index (Phi) is 3.54. The summed E-state index contributed by atoms with van der Waals surface area (Å²) in [5.74, 6) is 0.802. The van der Waals surface area contributed by atoms with Crippen LogP contribution < -0.4 is 5.32 Å². The monoisotopic (exact) mass is 264 g/mol. The number of nitrogens with zero attached hydrogens (tertiary/aromatic N) is 3. The van der Waals surface area contributed by atoms with Gasteiger partial charge in [-0.3, -0.25) is 0 Å². The molecule has 4 heteroatoms. The van der Waals surface area contributed by atoms with Crippen LogP contribution in [0.25, 0.3) is 22.3 Å². The highest BCUT2D eigenvalue weighted by atomic mass is 15.2. The van der Waals surface area contributed by atoms with Gasteiger partial charge in [-0.2, -0.15) is 0 Å². The molecule has 0 aliphatic heterocycles. The lowest BCUT2D eigenvalue weighted by molar-refractivity contribution is 0.944. The predicted octanol–water partition coefficient (Wildman–Crippen LogP) is 3.51. The second-order valence-electron chi connectivity index (χ2n) is 4.62. The Morgan fingerprint density at radius 3 is 2.55 bits per heavy atom. The molecule has 0 bridgehead atoms. The lowest BCUT2D eigenvalue weighted by Gasteiger charge is -2.04. The number of hydrogen-bond acceptors (Lipinski definition) is 4. The Morgan fingerprint density at radius 2 is 1.75 bits per heavy atom. The van der Waals surface area contributed by atoms with Crippen molar-refractivity contribution >= 4 is 16.7 Å². The maximum Gasteiger partial charge on any atom is 0.148 e. The number of nitrogens with one attached hydrogen (secondary N) is 1. The minimum atomic E-state index is 0.790. The fourth-order valence-corrected chi connectivity index (χ4v) is 2.02. The Hall–Kier alpha value is -2.49. The summed E-state index contributed by atoms with van der Waals surface area (Å²) in [7, 11) is 0. The van der Waals surface area contributed by atoms with Gasteiger partial charge in [-0.05, 0) is 30.7 Å². The third-order valence-electron chi connectivity index (χ3n) is 3.08. The molecule has 0 spiro atoms. The molecule has 1 aromatic carbocycles. The van der Waals surface area contributed by atoms with Crippen LogP contribution in [0.2, 0.25) is 0 Å². The molecule has 0 aliphatic rings. The van der Waals surface area contributed by atoms with Gasteiger partial charge in [0.25, 0.3) is 0 Å². The van der Waals surface area contributed by atoms with Crippen molar-refractivity contribution in [3.05, 3.63) is 48.5 Å². The summed E-state index contributed by atoms with van der Waals surface area (Å²) in [6.07, 6.45) is 1.07. The SMILES string of the molecule is CCCNc1ccc(-c2ccc3ccccc3n2)nn1. The van der Waals surface area contributed by atoms with Crippen molar-refractivity contribution in [3.8, 4) is 11.4 Å². The first-order valence-electron chi connectivity index (χ1n) is 6.80. The Balaban J connectivity index is 1.90. The molecular weight excluding hydrogens is 248 g/mol. The highest BCUT2D eigenvalue weighted by Crippen LogP contribution is 2.19. The van der Waals surface area contributed by atoms with E-state index in [-0.39, 0.29) is 0 Å². The van der Waals surface area contributed by atoms with Gasteiger partial charge < -0.3 is 5.32 Å². The highest BCUT2D eigenvalue weighted by Gasteiger charge is 2.03. The third kappa shape index (κ3) is 2.59. The number of pyridine rings is 1. The van der Waals surface area contributed by atoms with E-state index in [9.17, 15) is 0 Å². The van der Waals surface area contributed by atoms with Crippen molar-refractivity contribution in [1.82, 2.24) is 15.2 Å². The smallest absolute Gasteiger partial charge is 0.148 e. The van der Waals surface area contributed by atoms with Crippen LogP contribution in [-0.2, 0) is 0 Å². The molecule has 100 valence electrons. The summed E-state index contributed by atoms with van der Waals surface area (Å²) < 4.78 is 0. The second kappa shape index (κ2) is 5.65. The molecule has 4 nitrogen and oxygen atoms in total. The van der Waals surface area contributed by atoms with Crippen molar-refractivity contribution in [2.24, 2.45) is 0 Å². The average molecular weight is 264 g/mol. The lowest BCUT2D eigenvalue weighted by Crippen LogP contribution is -2.03. The van der Waals surface area contributed by atoms with Gasteiger partial charge in [0.1, 0.15) is 11.5 Å². The number of para-hydroxylation sites is 1. The van der Waals surface area contributed by atoms with E-state index in [0.717, 1.165) is 41.1 Å². The summed E-state index contributed by atoms with van der Waals surface area (Å²) in [6.45, 7) is 3.02. The van der Waals surface area contributed by atoms with Crippen LogP contribution in [0.15, 0.2) is 48.5 Å². The minimum absolute atomic E-state index is 0.790. The first-order chi connectivity index (χ1) is 9.86. The van der Waals surface area contributed by atoms with E-state index in [0.29, 0.717) is 0 Å². The Bertz CT molecular complexity index is 707.